The average Bonchev–Trinajstić information content (AvgIpc) is 3.16. The molecule has 0 saturated heterocycles. The van der Waals surface area contributed by atoms with E-state index in [4.69, 9.17) is 10.5 Å². The third-order valence-electron chi connectivity index (χ3n) is 5.36. The van der Waals surface area contributed by atoms with Crippen molar-refractivity contribution in [1.82, 2.24) is 14.5 Å². The van der Waals surface area contributed by atoms with Crippen molar-refractivity contribution < 1.29 is 4.74 Å². The number of hydrogen-bond donors (Lipinski definition) is 1. The molecule has 0 radical (unpaired) electrons. The number of likely N-dealkylation sites (N-methyl/N-ethyl adjacent to an activating group) is 1. The van der Waals surface area contributed by atoms with Crippen molar-refractivity contribution in [3.8, 4) is 16.9 Å². The minimum Gasteiger partial charge on any atom is -0.497 e. The number of fused-ring (bicyclic) bond motifs is 1. The number of aromatic nitrogens is 2. The molecular weight excluding hydrogens is 372 g/mol. The molecule has 0 amide bonds. The largest absolute Gasteiger partial charge is 0.497 e. The average molecular weight is 401 g/mol. The van der Waals surface area contributed by atoms with Gasteiger partial charge in [-0.3, -0.25) is 0 Å². The molecule has 154 valence electrons. The normalized spacial score (nSPS) is 11.3. The number of imidazole rings is 1. The summed E-state index contributed by atoms with van der Waals surface area (Å²) in [7, 11) is 3.79. The van der Waals surface area contributed by atoms with Gasteiger partial charge in [-0.25, -0.2) is 4.98 Å². The van der Waals surface area contributed by atoms with E-state index in [0.29, 0.717) is 6.54 Å². The van der Waals surface area contributed by atoms with E-state index < -0.39 is 0 Å². The molecule has 0 spiro atoms. The molecule has 0 bridgehead atoms. The summed E-state index contributed by atoms with van der Waals surface area (Å²) in [5.74, 6) is 0.870. The molecule has 2 N–H and O–H groups in total. The Morgan fingerprint density at radius 3 is 2.53 bits per heavy atom. The lowest BCUT2D eigenvalue weighted by atomic mass is 10.0. The fourth-order valence-corrected chi connectivity index (χ4v) is 3.74. The van der Waals surface area contributed by atoms with Crippen molar-refractivity contribution in [2.24, 2.45) is 5.73 Å². The van der Waals surface area contributed by atoms with Gasteiger partial charge in [0.25, 0.3) is 0 Å². The first-order valence-corrected chi connectivity index (χ1v) is 10.2. The Labute approximate surface area is 177 Å². The lowest BCUT2D eigenvalue weighted by molar-refractivity contribution is 0.336. The summed E-state index contributed by atoms with van der Waals surface area (Å²) in [4.78, 5) is 6.81. The number of hydrogen-bond acceptors (Lipinski definition) is 4. The molecule has 0 aliphatic carbocycles. The van der Waals surface area contributed by atoms with E-state index in [0.717, 1.165) is 36.4 Å². The van der Waals surface area contributed by atoms with Crippen LogP contribution in [0.1, 0.15) is 11.1 Å². The zero-order valence-corrected chi connectivity index (χ0v) is 17.6. The summed E-state index contributed by atoms with van der Waals surface area (Å²) >= 11 is 0. The van der Waals surface area contributed by atoms with Crippen molar-refractivity contribution in [3.63, 3.8) is 0 Å². The van der Waals surface area contributed by atoms with Gasteiger partial charge in [0.1, 0.15) is 5.75 Å². The number of ether oxygens (including phenoxy) is 1. The minimum atomic E-state index is 0.679. The lowest BCUT2D eigenvalue weighted by Gasteiger charge is -2.15. The van der Waals surface area contributed by atoms with Gasteiger partial charge in [0, 0.05) is 26.2 Å². The maximum Gasteiger partial charge on any atom is 0.119 e. The first-order valence-electron chi connectivity index (χ1n) is 10.2. The SMILES string of the molecule is COc1cccc(Cn2cnc3ccc(-c4ccc(CN(C)CCN)cc4)cc32)c1. The van der Waals surface area contributed by atoms with E-state index >= 15 is 0 Å². The predicted octanol–water partition coefficient (Wildman–Crippen LogP) is 4.15. The van der Waals surface area contributed by atoms with Crippen LogP contribution in [0.5, 0.6) is 5.75 Å². The highest BCUT2D eigenvalue weighted by molar-refractivity contribution is 5.82. The maximum atomic E-state index is 5.64. The number of methoxy groups -OCH3 is 1. The van der Waals surface area contributed by atoms with E-state index in [1.807, 2.05) is 18.5 Å². The number of nitrogens with two attached hydrogens (primary N) is 1. The summed E-state index contributed by atoms with van der Waals surface area (Å²) in [6, 6.07) is 23.4. The van der Waals surface area contributed by atoms with Gasteiger partial charge < -0.3 is 19.9 Å². The summed E-state index contributed by atoms with van der Waals surface area (Å²) in [6.45, 7) is 3.24. The van der Waals surface area contributed by atoms with Gasteiger partial charge in [0.2, 0.25) is 0 Å². The van der Waals surface area contributed by atoms with Crippen LogP contribution in [-0.4, -0.2) is 41.7 Å². The van der Waals surface area contributed by atoms with Gasteiger partial charge >= 0.3 is 0 Å². The molecule has 5 nitrogen and oxygen atoms in total. The van der Waals surface area contributed by atoms with Crippen LogP contribution >= 0.6 is 0 Å². The van der Waals surface area contributed by atoms with Gasteiger partial charge in [-0.15, -0.1) is 0 Å². The third kappa shape index (κ3) is 4.53. The summed E-state index contributed by atoms with van der Waals surface area (Å²) < 4.78 is 7.54. The van der Waals surface area contributed by atoms with Crippen LogP contribution in [0.25, 0.3) is 22.2 Å². The molecule has 1 heterocycles. The third-order valence-corrected chi connectivity index (χ3v) is 5.36. The summed E-state index contributed by atoms with van der Waals surface area (Å²) in [5.41, 5.74) is 12.6. The van der Waals surface area contributed by atoms with Gasteiger partial charge in [0.15, 0.2) is 0 Å². The highest BCUT2D eigenvalue weighted by Crippen LogP contribution is 2.25. The van der Waals surface area contributed by atoms with Crippen LogP contribution in [0.2, 0.25) is 0 Å². The zero-order valence-electron chi connectivity index (χ0n) is 17.6. The Hall–Kier alpha value is -3.15. The second-order valence-corrected chi connectivity index (χ2v) is 7.65. The molecule has 4 rings (SSSR count). The van der Waals surface area contributed by atoms with E-state index in [2.05, 4.69) is 76.1 Å². The molecule has 0 fully saturated rings. The maximum absolute atomic E-state index is 5.64. The van der Waals surface area contributed by atoms with E-state index in [1.54, 1.807) is 7.11 Å². The first-order chi connectivity index (χ1) is 14.7. The van der Waals surface area contributed by atoms with Gasteiger partial charge in [-0.05, 0) is 53.6 Å². The highest BCUT2D eigenvalue weighted by atomic mass is 16.5. The van der Waals surface area contributed by atoms with Gasteiger partial charge in [0.05, 0.1) is 24.5 Å². The molecule has 0 aliphatic rings. The van der Waals surface area contributed by atoms with Crippen LogP contribution in [0.3, 0.4) is 0 Å². The molecule has 1 aromatic heterocycles. The van der Waals surface area contributed by atoms with Crippen LogP contribution in [0.4, 0.5) is 0 Å². The van der Waals surface area contributed by atoms with Crippen LogP contribution in [0, 0.1) is 0 Å². The Balaban J connectivity index is 1.58. The molecule has 0 saturated carbocycles. The van der Waals surface area contributed by atoms with Gasteiger partial charge in [-0.1, -0.05) is 42.5 Å². The van der Waals surface area contributed by atoms with E-state index in [-0.39, 0.29) is 0 Å². The van der Waals surface area contributed by atoms with Crippen molar-refractivity contribution in [2.45, 2.75) is 13.1 Å². The van der Waals surface area contributed by atoms with Crippen molar-refractivity contribution in [3.05, 3.63) is 84.2 Å². The van der Waals surface area contributed by atoms with E-state index in [1.165, 1.54) is 22.3 Å². The molecule has 4 aromatic rings. The predicted molar refractivity (Wildman–Crippen MR) is 123 cm³/mol. The first kappa shape index (κ1) is 20.1. The monoisotopic (exact) mass is 400 g/mol. The number of nitrogens with zero attached hydrogens (tertiary/aromatic N) is 3. The van der Waals surface area contributed by atoms with Crippen LogP contribution in [0.15, 0.2) is 73.1 Å². The topological polar surface area (TPSA) is 56.3 Å². The number of rotatable bonds is 8. The molecule has 0 atom stereocenters. The fourth-order valence-electron chi connectivity index (χ4n) is 3.74. The molecule has 3 aromatic carbocycles. The van der Waals surface area contributed by atoms with E-state index in [9.17, 15) is 0 Å². The Bertz CT molecular complexity index is 1120. The highest BCUT2D eigenvalue weighted by Gasteiger charge is 2.07. The van der Waals surface area contributed by atoms with Crippen molar-refractivity contribution >= 4 is 11.0 Å². The van der Waals surface area contributed by atoms with Gasteiger partial charge in [-0.2, -0.15) is 0 Å². The smallest absolute Gasteiger partial charge is 0.119 e. The second-order valence-electron chi connectivity index (χ2n) is 7.65. The standard InChI is InChI=1S/C25H28N4O/c1-28(13-12-26)16-19-6-8-21(9-7-19)22-10-11-24-25(15-22)29(18-27-24)17-20-4-3-5-23(14-20)30-2/h3-11,14-15,18H,12-13,16-17,26H2,1-2H3. The Morgan fingerprint density at radius 1 is 0.967 bits per heavy atom. The Kier molecular flexibility index (Phi) is 6.12. The molecular formula is C25H28N4O. The molecule has 0 aliphatic heterocycles. The van der Waals surface area contributed by atoms with Crippen LogP contribution in [-0.2, 0) is 13.1 Å². The zero-order chi connectivity index (χ0) is 20.9. The quantitative estimate of drug-likeness (QED) is 0.483. The Morgan fingerprint density at radius 2 is 1.77 bits per heavy atom. The molecule has 30 heavy (non-hydrogen) atoms. The second kappa shape index (κ2) is 9.11. The summed E-state index contributed by atoms with van der Waals surface area (Å²) in [5, 5.41) is 0. The summed E-state index contributed by atoms with van der Waals surface area (Å²) in [6.07, 6.45) is 1.91. The minimum absolute atomic E-state index is 0.679. The van der Waals surface area contributed by atoms with Crippen molar-refractivity contribution in [2.75, 3.05) is 27.2 Å². The lowest BCUT2D eigenvalue weighted by Crippen LogP contribution is -2.24. The van der Waals surface area contributed by atoms with Crippen molar-refractivity contribution in [1.29, 1.82) is 0 Å². The number of benzene rings is 3. The molecule has 5 heteroatoms. The fraction of sp³-hybridized carbons (Fsp3) is 0.240. The van der Waals surface area contributed by atoms with Crippen LogP contribution < -0.4 is 10.5 Å². The molecule has 0 unspecified atom stereocenters.